The smallest absolute Gasteiger partial charge is 0.355 e. The second-order valence-corrected chi connectivity index (χ2v) is 4.48. The van der Waals surface area contributed by atoms with Gasteiger partial charge in [-0.15, -0.1) is 0 Å². The van der Waals surface area contributed by atoms with E-state index >= 15 is 0 Å². The molecule has 0 aliphatic heterocycles. The molecule has 0 saturated heterocycles. The molecule has 0 fully saturated rings. The summed E-state index contributed by atoms with van der Waals surface area (Å²) in [5.74, 6) is -0.278. The van der Waals surface area contributed by atoms with Crippen LogP contribution in [0.25, 0.3) is 10.9 Å². The number of H-pyrrole nitrogens is 1. The van der Waals surface area contributed by atoms with Gasteiger partial charge in [-0.05, 0) is 25.0 Å². The van der Waals surface area contributed by atoms with E-state index in [1.165, 1.54) is 0 Å². The molecule has 0 aliphatic carbocycles. The molecule has 17 heavy (non-hydrogen) atoms. The molecule has 3 nitrogen and oxygen atoms in total. The lowest BCUT2D eigenvalue weighted by Gasteiger charge is -2.02. The molecule has 0 spiro atoms. The zero-order valence-corrected chi connectivity index (χ0v) is 11.2. The number of nitrogens with one attached hydrogen (secondary N) is 1. The van der Waals surface area contributed by atoms with Crippen LogP contribution in [-0.4, -0.2) is 22.9 Å². The number of halogens is 1. The van der Waals surface area contributed by atoms with Crippen LogP contribution >= 0.6 is 15.9 Å². The van der Waals surface area contributed by atoms with Crippen molar-refractivity contribution in [3.63, 3.8) is 0 Å². The molecule has 0 amide bonds. The van der Waals surface area contributed by atoms with Crippen molar-refractivity contribution in [1.29, 1.82) is 0 Å². The van der Waals surface area contributed by atoms with Gasteiger partial charge in [-0.25, -0.2) is 4.79 Å². The number of aryl methyl sites for hydroxylation is 1. The normalized spacial score (nSPS) is 10.7. The predicted molar refractivity (Wildman–Crippen MR) is 71.8 cm³/mol. The molecule has 4 heteroatoms. The standard InChI is InChI=1S/C13H14BrNO2/c1-2-17-13(16)12-10(7-8-14)9-5-3-4-6-11(9)15-12/h3-6,15H,2,7-8H2,1H3. The largest absolute Gasteiger partial charge is 0.461 e. The maximum atomic E-state index is 11.8. The van der Waals surface area contributed by atoms with Gasteiger partial charge in [-0.1, -0.05) is 34.1 Å². The van der Waals surface area contributed by atoms with Crippen LogP contribution in [0.4, 0.5) is 0 Å². The van der Waals surface area contributed by atoms with Gasteiger partial charge >= 0.3 is 5.97 Å². The van der Waals surface area contributed by atoms with Gasteiger partial charge in [0, 0.05) is 16.2 Å². The summed E-state index contributed by atoms with van der Waals surface area (Å²) in [6, 6.07) is 7.91. The van der Waals surface area contributed by atoms with Gasteiger partial charge in [0.15, 0.2) is 0 Å². The summed E-state index contributed by atoms with van der Waals surface area (Å²) >= 11 is 3.41. The molecule has 0 saturated carbocycles. The molecule has 90 valence electrons. The predicted octanol–water partition coefficient (Wildman–Crippen LogP) is 3.28. The number of hydrogen-bond donors (Lipinski definition) is 1. The highest BCUT2D eigenvalue weighted by Crippen LogP contribution is 2.24. The topological polar surface area (TPSA) is 42.1 Å². The van der Waals surface area contributed by atoms with E-state index in [4.69, 9.17) is 4.74 Å². The fourth-order valence-electron chi connectivity index (χ4n) is 1.93. The number of para-hydroxylation sites is 1. The number of carbonyl (C=O) groups excluding carboxylic acids is 1. The highest BCUT2D eigenvalue weighted by molar-refractivity contribution is 9.09. The van der Waals surface area contributed by atoms with E-state index in [9.17, 15) is 4.79 Å². The van der Waals surface area contributed by atoms with Crippen LogP contribution in [0, 0.1) is 0 Å². The number of fused-ring (bicyclic) bond motifs is 1. The molecule has 1 aromatic carbocycles. The molecular formula is C13H14BrNO2. The third-order valence-electron chi connectivity index (χ3n) is 2.64. The minimum Gasteiger partial charge on any atom is -0.461 e. The van der Waals surface area contributed by atoms with Crippen LogP contribution < -0.4 is 0 Å². The van der Waals surface area contributed by atoms with Crippen molar-refractivity contribution in [2.45, 2.75) is 13.3 Å². The third-order valence-corrected chi connectivity index (χ3v) is 3.03. The summed E-state index contributed by atoms with van der Waals surface area (Å²) < 4.78 is 5.06. The molecule has 1 heterocycles. The number of aromatic nitrogens is 1. The van der Waals surface area contributed by atoms with Gasteiger partial charge in [0.25, 0.3) is 0 Å². The maximum absolute atomic E-state index is 11.8. The SMILES string of the molecule is CCOC(=O)c1[nH]c2ccccc2c1CCBr. The number of ether oxygens (including phenoxy) is 1. The number of aromatic amines is 1. The van der Waals surface area contributed by atoms with Crippen LogP contribution in [-0.2, 0) is 11.2 Å². The van der Waals surface area contributed by atoms with E-state index in [1.54, 1.807) is 0 Å². The van der Waals surface area contributed by atoms with Crippen molar-refractivity contribution in [2.75, 3.05) is 11.9 Å². The molecule has 0 bridgehead atoms. The van der Waals surface area contributed by atoms with E-state index in [0.29, 0.717) is 12.3 Å². The van der Waals surface area contributed by atoms with Crippen molar-refractivity contribution in [3.8, 4) is 0 Å². The summed E-state index contributed by atoms with van der Waals surface area (Å²) in [4.78, 5) is 15.0. The second kappa shape index (κ2) is 5.36. The van der Waals surface area contributed by atoms with Gasteiger partial charge in [0.05, 0.1) is 6.61 Å². The average Bonchev–Trinajstić information content (AvgIpc) is 2.70. The van der Waals surface area contributed by atoms with Gasteiger partial charge in [0.2, 0.25) is 0 Å². The van der Waals surface area contributed by atoms with Crippen molar-refractivity contribution in [2.24, 2.45) is 0 Å². The summed E-state index contributed by atoms with van der Waals surface area (Å²) in [7, 11) is 0. The molecule has 0 radical (unpaired) electrons. The Morgan fingerprint density at radius 3 is 2.88 bits per heavy atom. The molecular weight excluding hydrogens is 282 g/mol. The van der Waals surface area contributed by atoms with E-state index in [-0.39, 0.29) is 5.97 Å². The number of esters is 1. The number of carbonyl (C=O) groups is 1. The zero-order chi connectivity index (χ0) is 12.3. The van der Waals surface area contributed by atoms with Crippen LogP contribution in [0.15, 0.2) is 24.3 Å². The first-order chi connectivity index (χ1) is 8.27. The monoisotopic (exact) mass is 295 g/mol. The lowest BCUT2D eigenvalue weighted by molar-refractivity contribution is 0.0519. The Bertz CT molecular complexity index is 533. The van der Waals surface area contributed by atoms with Crippen molar-refractivity contribution in [3.05, 3.63) is 35.5 Å². The van der Waals surface area contributed by atoms with Crippen LogP contribution in [0.2, 0.25) is 0 Å². The number of rotatable bonds is 4. The Labute approximate surface area is 108 Å². The zero-order valence-electron chi connectivity index (χ0n) is 9.63. The fourth-order valence-corrected chi connectivity index (χ4v) is 2.33. The highest BCUT2D eigenvalue weighted by Gasteiger charge is 2.17. The molecule has 2 aromatic rings. The number of alkyl halides is 1. The Kier molecular flexibility index (Phi) is 3.84. The van der Waals surface area contributed by atoms with Crippen molar-refractivity contribution < 1.29 is 9.53 Å². The molecule has 0 unspecified atom stereocenters. The van der Waals surface area contributed by atoms with Gasteiger partial charge in [-0.2, -0.15) is 0 Å². The summed E-state index contributed by atoms with van der Waals surface area (Å²) in [5.41, 5.74) is 2.58. The fraction of sp³-hybridized carbons (Fsp3) is 0.308. The minimum absolute atomic E-state index is 0.278. The van der Waals surface area contributed by atoms with Gasteiger partial charge in [-0.3, -0.25) is 0 Å². The first-order valence-electron chi connectivity index (χ1n) is 5.60. The maximum Gasteiger partial charge on any atom is 0.355 e. The molecule has 0 aliphatic rings. The first-order valence-corrected chi connectivity index (χ1v) is 6.72. The van der Waals surface area contributed by atoms with E-state index in [1.807, 2.05) is 31.2 Å². The first kappa shape index (κ1) is 12.2. The number of benzene rings is 1. The molecule has 2 rings (SSSR count). The van der Waals surface area contributed by atoms with Gasteiger partial charge < -0.3 is 9.72 Å². The van der Waals surface area contributed by atoms with E-state index in [2.05, 4.69) is 20.9 Å². The van der Waals surface area contributed by atoms with Crippen LogP contribution in [0.5, 0.6) is 0 Å². The Morgan fingerprint density at radius 2 is 2.18 bits per heavy atom. The van der Waals surface area contributed by atoms with Crippen LogP contribution in [0.3, 0.4) is 0 Å². The summed E-state index contributed by atoms with van der Waals surface area (Å²) in [5, 5.41) is 1.91. The van der Waals surface area contributed by atoms with Crippen LogP contribution in [0.1, 0.15) is 23.0 Å². The van der Waals surface area contributed by atoms with Crippen molar-refractivity contribution in [1.82, 2.24) is 4.98 Å². The Balaban J connectivity index is 2.53. The molecule has 1 N–H and O–H groups in total. The second-order valence-electron chi connectivity index (χ2n) is 3.68. The Morgan fingerprint density at radius 1 is 1.41 bits per heavy atom. The quantitative estimate of drug-likeness (QED) is 0.695. The highest BCUT2D eigenvalue weighted by atomic mass is 79.9. The number of hydrogen-bond acceptors (Lipinski definition) is 2. The lowest BCUT2D eigenvalue weighted by atomic mass is 10.1. The summed E-state index contributed by atoms with van der Waals surface area (Å²) in [6.07, 6.45) is 0.804. The molecule has 1 aromatic heterocycles. The third kappa shape index (κ3) is 2.36. The summed E-state index contributed by atoms with van der Waals surface area (Å²) in [6.45, 7) is 2.20. The molecule has 0 atom stereocenters. The minimum atomic E-state index is -0.278. The van der Waals surface area contributed by atoms with E-state index in [0.717, 1.165) is 28.2 Å². The Hall–Kier alpha value is -1.29. The average molecular weight is 296 g/mol. The van der Waals surface area contributed by atoms with Crippen molar-refractivity contribution >= 4 is 32.8 Å². The lowest BCUT2D eigenvalue weighted by Crippen LogP contribution is -2.08. The van der Waals surface area contributed by atoms with E-state index < -0.39 is 0 Å². The van der Waals surface area contributed by atoms with Gasteiger partial charge in [0.1, 0.15) is 5.69 Å².